The number of benzene rings is 1. The number of aliphatic hydroxyl groups excluding tert-OH is 1. The minimum absolute atomic E-state index is 0.0236. The van der Waals surface area contributed by atoms with Crippen molar-refractivity contribution in [2.24, 2.45) is 0 Å². The van der Waals surface area contributed by atoms with Gasteiger partial charge in [-0.25, -0.2) is 9.59 Å². The molecule has 12 nitrogen and oxygen atoms in total. The molecule has 2 saturated heterocycles. The highest BCUT2D eigenvalue weighted by molar-refractivity contribution is 5.87. The summed E-state index contributed by atoms with van der Waals surface area (Å²) < 4.78 is 10.5. The first-order valence-corrected chi connectivity index (χ1v) is 11.1. The average molecular weight is 479 g/mol. The number of carbonyl (C=O) groups is 3. The van der Waals surface area contributed by atoms with E-state index in [-0.39, 0.29) is 43.8 Å². The van der Waals surface area contributed by atoms with Gasteiger partial charge in [-0.15, -0.1) is 0 Å². The number of aliphatic hydroxyl groups is 1. The lowest BCUT2D eigenvalue weighted by Crippen LogP contribution is -2.49. The Morgan fingerprint density at radius 3 is 2.50 bits per heavy atom. The second kappa shape index (κ2) is 10.2. The van der Waals surface area contributed by atoms with Gasteiger partial charge in [0.25, 0.3) is 5.69 Å². The Bertz CT molecular complexity index is 930. The van der Waals surface area contributed by atoms with Crippen LogP contribution in [-0.2, 0) is 20.9 Å². The van der Waals surface area contributed by atoms with E-state index in [1.54, 1.807) is 25.7 Å². The second-order valence-electron chi connectivity index (χ2n) is 9.45. The SMILES string of the molecule is CC(C)(C)OC(=O)N1C[C@H](O)C[C@H]1C(=O)N1CC[C@H](NC(=O)OCc2ccc([N+](=O)[O-])cc2)C1. The molecule has 1 aromatic carbocycles. The van der Waals surface area contributed by atoms with Gasteiger partial charge in [0.1, 0.15) is 18.2 Å². The maximum Gasteiger partial charge on any atom is 0.411 e. The highest BCUT2D eigenvalue weighted by Gasteiger charge is 2.43. The number of alkyl carbamates (subject to hydrolysis) is 1. The average Bonchev–Trinajstić information content (AvgIpc) is 3.37. The number of nitro benzene ring substituents is 1. The maximum absolute atomic E-state index is 13.1. The molecule has 0 radical (unpaired) electrons. The van der Waals surface area contributed by atoms with Crippen molar-refractivity contribution in [1.29, 1.82) is 0 Å². The summed E-state index contributed by atoms with van der Waals surface area (Å²) in [6.45, 7) is 5.80. The molecular weight excluding hydrogens is 448 g/mol. The van der Waals surface area contributed by atoms with Crippen molar-refractivity contribution in [2.75, 3.05) is 19.6 Å². The highest BCUT2D eigenvalue weighted by Crippen LogP contribution is 2.24. The number of ether oxygens (including phenoxy) is 2. The van der Waals surface area contributed by atoms with Crippen molar-refractivity contribution >= 4 is 23.8 Å². The molecule has 2 aliphatic rings. The lowest BCUT2D eigenvalue weighted by Gasteiger charge is -2.30. The van der Waals surface area contributed by atoms with E-state index >= 15 is 0 Å². The van der Waals surface area contributed by atoms with Gasteiger partial charge in [-0.3, -0.25) is 19.8 Å². The zero-order valence-electron chi connectivity index (χ0n) is 19.4. The molecule has 3 rings (SSSR count). The van der Waals surface area contributed by atoms with E-state index in [9.17, 15) is 29.6 Å². The summed E-state index contributed by atoms with van der Waals surface area (Å²) in [7, 11) is 0. The third-order valence-electron chi connectivity index (χ3n) is 5.53. The second-order valence-corrected chi connectivity index (χ2v) is 9.45. The quantitative estimate of drug-likeness (QED) is 0.480. The zero-order chi connectivity index (χ0) is 25.0. The number of non-ortho nitro benzene ring substituents is 1. The number of amides is 3. The van der Waals surface area contributed by atoms with Crippen molar-refractivity contribution < 1.29 is 33.9 Å². The van der Waals surface area contributed by atoms with Gasteiger partial charge < -0.3 is 24.8 Å². The fourth-order valence-electron chi connectivity index (χ4n) is 3.93. The molecule has 0 saturated carbocycles. The minimum Gasteiger partial charge on any atom is -0.445 e. The van der Waals surface area contributed by atoms with Crippen LogP contribution >= 0.6 is 0 Å². The van der Waals surface area contributed by atoms with Gasteiger partial charge in [0.2, 0.25) is 5.91 Å². The predicted molar refractivity (Wildman–Crippen MR) is 119 cm³/mol. The van der Waals surface area contributed by atoms with E-state index in [2.05, 4.69) is 5.32 Å². The van der Waals surface area contributed by atoms with E-state index in [1.165, 1.54) is 29.2 Å². The molecule has 0 aliphatic carbocycles. The maximum atomic E-state index is 13.1. The number of hydrogen-bond acceptors (Lipinski definition) is 8. The first-order chi connectivity index (χ1) is 15.9. The number of likely N-dealkylation sites (tertiary alicyclic amines) is 2. The molecule has 0 bridgehead atoms. The lowest BCUT2D eigenvalue weighted by atomic mass is 10.1. The summed E-state index contributed by atoms with van der Waals surface area (Å²) in [6.07, 6.45) is -1.48. The topological polar surface area (TPSA) is 152 Å². The summed E-state index contributed by atoms with van der Waals surface area (Å²) in [5, 5.41) is 23.5. The van der Waals surface area contributed by atoms with E-state index in [0.29, 0.717) is 18.5 Å². The van der Waals surface area contributed by atoms with Gasteiger partial charge in [-0.05, 0) is 44.9 Å². The van der Waals surface area contributed by atoms with Gasteiger partial charge in [0, 0.05) is 31.6 Å². The summed E-state index contributed by atoms with van der Waals surface area (Å²) >= 11 is 0. The van der Waals surface area contributed by atoms with Crippen molar-refractivity contribution in [3.63, 3.8) is 0 Å². The predicted octanol–water partition coefficient (Wildman–Crippen LogP) is 1.79. The van der Waals surface area contributed by atoms with Gasteiger partial charge in [0.05, 0.1) is 23.6 Å². The largest absolute Gasteiger partial charge is 0.445 e. The first kappa shape index (κ1) is 25.2. The Labute approximate surface area is 196 Å². The summed E-state index contributed by atoms with van der Waals surface area (Å²) in [4.78, 5) is 50.7. The number of nitro groups is 1. The number of carbonyl (C=O) groups excluding carboxylic acids is 3. The fraction of sp³-hybridized carbons (Fsp3) is 0.591. The van der Waals surface area contributed by atoms with Gasteiger partial charge in [0.15, 0.2) is 0 Å². The third-order valence-corrected chi connectivity index (χ3v) is 5.53. The van der Waals surface area contributed by atoms with Crippen molar-refractivity contribution in [3.05, 3.63) is 39.9 Å². The van der Waals surface area contributed by atoms with Crippen LogP contribution in [0.5, 0.6) is 0 Å². The fourth-order valence-corrected chi connectivity index (χ4v) is 3.93. The molecule has 2 fully saturated rings. The van der Waals surface area contributed by atoms with Crippen LogP contribution in [0.3, 0.4) is 0 Å². The number of rotatable bonds is 5. The van der Waals surface area contributed by atoms with Gasteiger partial charge >= 0.3 is 12.2 Å². The Hall–Kier alpha value is -3.41. The van der Waals surface area contributed by atoms with Gasteiger partial charge in [-0.2, -0.15) is 0 Å². The Kier molecular flexibility index (Phi) is 7.60. The Balaban J connectivity index is 1.49. The lowest BCUT2D eigenvalue weighted by molar-refractivity contribution is -0.384. The van der Waals surface area contributed by atoms with Crippen LogP contribution < -0.4 is 5.32 Å². The van der Waals surface area contributed by atoms with Crippen molar-refractivity contribution in [1.82, 2.24) is 15.1 Å². The molecule has 12 heteroatoms. The standard InChI is InChI=1S/C22H30N4O8/c1-22(2,3)34-21(30)25-12-17(27)10-18(25)19(28)24-9-8-15(11-24)23-20(29)33-13-14-4-6-16(7-5-14)26(31)32/h4-7,15,17-18,27H,8-13H2,1-3H3,(H,23,29)/t15-,17+,18-/m0/s1. The first-order valence-electron chi connectivity index (χ1n) is 11.1. The van der Waals surface area contributed by atoms with Crippen LogP contribution in [0, 0.1) is 10.1 Å². The van der Waals surface area contributed by atoms with E-state index < -0.39 is 34.9 Å². The molecule has 0 aromatic heterocycles. The molecule has 2 N–H and O–H groups in total. The van der Waals surface area contributed by atoms with Crippen LogP contribution in [0.15, 0.2) is 24.3 Å². The molecule has 186 valence electrons. The molecule has 2 heterocycles. The number of nitrogens with zero attached hydrogens (tertiary/aromatic N) is 3. The van der Waals surface area contributed by atoms with Crippen LogP contribution in [0.25, 0.3) is 0 Å². The molecule has 0 unspecified atom stereocenters. The third kappa shape index (κ3) is 6.56. The minimum atomic E-state index is -0.822. The normalized spacial score (nSPS) is 22.4. The van der Waals surface area contributed by atoms with Crippen LogP contribution in [0.2, 0.25) is 0 Å². The molecule has 2 aliphatic heterocycles. The monoisotopic (exact) mass is 478 g/mol. The number of β-amino-alcohol motifs (C(OH)–C–C–N with tert-alkyl or cyclic N) is 1. The van der Waals surface area contributed by atoms with E-state index in [0.717, 1.165) is 0 Å². The number of hydrogen-bond donors (Lipinski definition) is 2. The van der Waals surface area contributed by atoms with Crippen LogP contribution in [0.4, 0.5) is 15.3 Å². The van der Waals surface area contributed by atoms with Gasteiger partial charge in [-0.1, -0.05) is 0 Å². The molecule has 3 amide bonds. The molecular formula is C22H30N4O8. The van der Waals surface area contributed by atoms with Crippen LogP contribution in [0.1, 0.15) is 39.2 Å². The summed E-state index contributed by atoms with van der Waals surface area (Å²) in [6, 6.07) is 4.53. The molecule has 3 atom stereocenters. The Morgan fingerprint density at radius 1 is 1.21 bits per heavy atom. The number of nitrogens with one attached hydrogen (secondary N) is 1. The van der Waals surface area contributed by atoms with E-state index in [1.807, 2.05) is 0 Å². The molecule has 1 aromatic rings. The van der Waals surface area contributed by atoms with Crippen molar-refractivity contribution in [3.8, 4) is 0 Å². The summed E-state index contributed by atoms with van der Waals surface area (Å²) in [5.74, 6) is -0.300. The van der Waals surface area contributed by atoms with Crippen LogP contribution in [-0.4, -0.2) is 81.3 Å². The highest BCUT2D eigenvalue weighted by atomic mass is 16.6. The summed E-state index contributed by atoms with van der Waals surface area (Å²) in [5.41, 5.74) is -0.176. The Morgan fingerprint density at radius 2 is 1.88 bits per heavy atom. The van der Waals surface area contributed by atoms with E-state index in [4.69, 9.17) is 9.47 Å². The van der Waals surface area contributed by atoms with Crippen molar-refractivity contribution in [2.45, 2.75) is 64.0 Å². The smallest absolute Gasteiger partial charge is 0.411 e. The zero-order valence-corrected chi connectivity index (χ0v) is 19.4. The molecule has 34 heavy (non-hydrogen) atoms. The molecule has 0 spiro atoms.